The summed E-state index contributed by atoms with van der Waals surface area (Å²) in [6.07, 6.45) is 8.45. The van der Waals surface area contributed by atoms with E-state index < -0.39 is 0 Å². The topological polar surface area (TPSA) is 82.8 Å². The highest BCUT2D eigenvalue weighted by Gasteiger charge is 2.39. The van der Waals surface area contributed by atoms with E-state index in [1.807, 2.05) is 11.7 Å². The van der Waals surface area contributed by atoms with Gasteiger partial charge in [0.05, 0.1) is 6.54 Å². The Morgan fingerprint density at radius 2 is 1.94 bits per heavy atom. The van der Waals surface area contributed by atoms with Crippen LogP contribution >= 0.6 is 24.0 Å². The minimum atomic E-state index is 0. The molecule has 0 radical (unpaired) electrons. The molecule has 0 aliphatic carbocycles. The maximum atomic E-state index is 5.18. The molecule has 182 valence electrons. The summed E-state index contributed by atoms with van der Waals surface area (Å²) in [5, 5.41) is 11.9. The second kappa shape index (κ2) is 11.9. The summed E-state index contributed by atoms with van der Waals surface area (Å²) >= 11 is 0. The number of hydrogen-bond acceptors (Lipinski definition) is 6. The molecule has 10 heteroatoms. The van der Waals surface area contributed by atoms with Gasteiger partial charge in [0.25, 0.3) is 0 Å². The molecular formula is C22H41IN8O. The monoisotopic (exact) mass is 560 g/mol. The van der Waals surface area contributed by atoms with Crippen molar-refractivity contribution in [2.24, 2.45) is 4.99 Å². The van der Waals surface area contributed by atoms with Crippen molar-refractivity contribution in [1.82, 2.24) is 35.2 Å². The molecule has 1 aromatic heterocycles. The zero-order valence-electron chi connectivity index (χ0n) is 20.0. The summed E-state index contributed by atoms with van der Waals surface area (Å²) < 4.78 is 7.20. The van der Waals surface area contributed by atoms with Crippen molar-refractivity contribution in [3.05, 3.63) is 11.6 Å². The number of fused-ring (bicyclic) bond motifs is 1. The first-order valence-electron chi connectivity index (χ1n) is 11.9. The highest BCUT2D eigenvalue weighted by molar-refractivity contribution is 14.0. The lowest BCUT2D eigenvalue weighted by Gasteiger charge is -2.50. The molecule has 1 aromatic rings. The number of guanidine groups is 1. The average molecular weight is 561 g/mol. The Balaban J connectivity index is 0.00000289. The van der Waals surface area contributed by atoms with Gasteiger partial charge < -0.3 is 20.3 Å². The van der Waals surface area contributed by atoms with Crippen LogP contribution in [0, 0.1) is 0 Å². The quantitative estimate of drug-likeness (QED) is 0.310. The van der Waals surface area contributed by atoms with Crippen molar-refractivity contribution in [3.8, 4) is 0 Å². The summed E-state index contributed by atoms with van der Waals surface area (Å²) in [6.45, 7) is 7.05. The van der Waals surface area contributed by atoms with Crippen LogP contribution in [-0.2, 0) is 24.3 Å². The van der Waals surface area contributed by atoms with E-state index >= 15 is 0 Å². The van der Waals surface area contributed by atoms with Crippen molar-refractivity contribution in [1.29, 1.82) is 0 Å². The molecular weight excluding hydrogens is 519 g/mol. The molecule has 0 amide bonds. The standard InChI is InChI=1S/C22H40N8O.HI/c1-23-21(25-18-7-8-20-26-19(16-31-3)27-30(20)15-18)24-17-22(9-13-28(2)14-10-22)29-11-5-4-6-12-29;/h18H,4-17H2,1-3H3,(H2,23,24,25);1H. The molecule has 3 aliphatic heterocycles. The molecule has 0 saturated carbocycles. The molecule has 0 spiro atoms. The van der Waals surface area contributed by atoms with Gasteiger partial charge in [0.1, 0.15) is 12.4 Å². The van der Waals surface area contributed by atoms with E-state index in [0.717, 1.165) is 43.5 Å². The fourth-order valence-electron chi connectivity index (χ4n) is 5.31. The number of halogens is 1. The third-order valence-electron chi connectivity index (χ3n) is 7.27. The van der Waals surface area contributed by atoms with Crippen LogP contribution in [0.4, 0.5) is 0 Å². The third-order valence-corrected chi connectivity index (χ3v) is 7.27. The van der Waals surface area contributed by atoms with Gasteiger partial charge >= 0.3 is 0 Å². The predicted octanol–water partition coefficient (Wildman–Crippen LogP) is 1.47. The van der Waals surface area contributed by atoms with E-state index in [1.165, 1.54) is 58.3 Å². The smallest absolute Gasteiger partial charge is 0.191 e. The molecule has 1 unspecified atom stereocenters. The van der Waals surface area contributed by atoms with Gasteiger partial charge in [-0.15, -0.1) is 24.0 Å². The molecule has 4 heterocycles. The van der Waals surface area contributed by atoms with E-state index in [2.05, 4.69) is 42.6 Å². The van der Waals surface area contributed by atoms with Crippen LogP contribution in [0.1, 0.15) is 50.2 Å². The normalized spacial score (nSPS) is 24.5. The first-order valence-corrected chi connectivity index (χ1v) is 11.9. The van der Waals surface area contributed by atoms with E-state index in [0.29, 0.717) is 12.6 Å². The van der Waals surface area contributed by atoms with Crippen LogP contribution in [0.25, 0.3) is 0 Å². The Morgan fingerprint density at radius 1 is 1.19 bits per heavy atom. The number of aromatic nitrogens is 3. The Morgan fingerprint density at radius 3 is 2.62 bits per heavy atom. The second-order valence-electron chi connectivity index (χ2n) is 9.44. The average Bonchev–Trinajstić information content (AvgIpc) is 3.20. The number of likely N-dealkylation sites (tertiary alicyclic amines) is 2. The van der Waals surface area contributed by atoms with Gasteiger partial charge in [-0.3, -0.25) is 9.89 Å². The number of aliphatic imine (C=N–C) groups is 1. The molecule has 4 rings (SSSR count). The molecule has 2 N–H and O–H groups in total. The van der Waals surface area contributed by atoms with E-state index in [9.17, 15) is 0 Å². The van der Waals surface area contributed by atoms with E-state index in [-0.39, 0.29) is 29.5 Å². The number of methoxy groups -OCH3 is 1. The predicted molar refractivity (Wildman–Crippen MR) is 138 cm³/mol. The second-order valence-corrected chi connectivity index (χ2v) is 9.44. The van der Waals surface area contributed by atoms with E-state index in [4.69, 9.17) is 4.74 Å². The van der Waals surface area contributed by atoms with Crippen LogP contribution < -0.4 is 10.6 Å². The van der Waals surface area contributed by atoms with Crippen molar-refractivity contribution in [2.45, 2.75) is 69.7 Å². The Labute approximate surface area is 209 Å². The molecule has 2 saturated heterocycles. The zero-order valence-corrected chi connectivity index (χ0v) is 22.3. The maximum Gasteiger partial charge on any atom is 0.191 e. The number of nitrogens with one attached hydrogen (secondary N) is 2. The summed E-state index contributed by atoms with van der Waals surface area (Å²) in [6, 6.07) is 0.305. The molecule has 1 atom stereocenters. The largest absolute Gasteiger partial charge is 0.377 e. The molecule has 32 heavy (non-hydrogen) atoms. The SMILES string of the molecule is CN=C(NCC1(N2CCCCC2)CCN(C)CC1)NC1CCc2nc(COC)nn2C1.I. The van der Waals surface area contributed by atoms with Gasteiger partial charge in [-0.1, -0.05) is 6.42 Å². The molecule has 0 aromatic carbocycles. The maximum absolute atomic E-state index is 5.18. The van der Waals surface area contributed by atoms with Crippen molar-refractivity contribution in [3.63, 3.8) is 0 Å². The van der Waals surface area contributed by atoms with Crippen LogP contribution in [-0.4, -0.2) is 96.0 Å². The van der Waals surface area contributed by atoms with Gasteiger partial charge in [-0.25, -0.2) is 9.67 Å². The van der Waals surface area contributed by atoms with Crippen molar-refractivity contribution in [2.75, 3.05) is 53.9 Å². The first kappa shape index (κ1) is 25.6. The zero-order chi connectivity index (χ0) is 21.7. The minimum Gasteiger partial charge on any atom is -0.377 e. The van der Waals surface area contributed by atoms with Gasteiger partial charge in [-0.05, 0) is 65.3 Å². The molecule has 9 nitrogen and oxygen atoms in total. The Kier molecular flexibility index (Phi) is 9.56. The highest BCUT2D eigenvalue weighted by atomic mass is 127. The summed E-state index contributed by atoms with van der Waals surface area (Å²) in [7, 11) is 5.80. The minimum absolute atomic E-state index is 0. The number of rotatable bonds is 6. The van der Waals surface area contributed by atoms with Crippen molar-refractivity contribution < 1.29 is 4.74 Å². The van der Waals surface area contributed by atoms with Crippen LogP contribution in [0.3, 0.4) is 0 Å². The van der Waals surface area contributed by atoms with Gasteiger partial charge in [-0.2, -0.15) is 5.10 Å². The summed E-state index contributed by atoms with van der Waals surface area (Å²) in [4.78, 5) is 14.4. The number of ether oxygens (including phenoxy) is 1. The molecule has 2 fully saturated rings. The number of hydrogen-bond donors (Lipinski definition) is 2. The van der Waals surface area contributed by atoms with Crippen LogP contribution in [0.5, 0.6) is 0 Å². The van der Waals surface area contributed by atoms with Gasteiger partial charge in [0.15, 0.2) is 11.8 Å². The highest BCUT2D eigenvalue weighted by Crippen LogP contribution is 2.30. The van der Waals surface area contributed by atoms with Gasteiger partial charge in [0.2, 0.25) is 0 Å². The third kappa shape index (κ3) is 6.12. The van der Waals surface area contributed by atoms with Gasteiger partial charge in [0, 0.05) is 38.7 Å². The lowest BCUT2D eigenvalue weighted by molar-refractivity contribution is 0.0172. The number of piperidine rings is 2. The molecule has 0 bridgehead atoms. The number of aryl methyl sites for hydroxylation is 1. The van der Waals surface area contributed by atoms with Crippen LogP contribution in [0.15, 0.2) is 4.99 Å². The lowest BCUT2D eigenvalue weighted by atomic mass is 9.84. The first-order chi connectivity index (χ1) is 15.1. The molecule has 3 aliphatic rings. The Hall–Kier alpha value is -0.980. The lowest BCUT2D eigenvalue weighted by Crippen LogP contribution is -2.62. The summed E-state index contributed by atoms with van der Waals surface area (Å²) in [5.74, 6) is 2.73. The fraction of sp³-hybridized carbons (Fsp3) is 0.864. The Bertz CT molecular complexity index is 740. The number of nitrogens with zero attached hydrogens (tertiary/aromatic N) is 6. The fourth-order valence-corrected chi connectivity index (χ4v) is 5.31. The van der Waals surface area contributed by atoms with E-state index in [1.54, 1.807) is 7.11 Å². The van der Waals surface area contributed by atoms with Crippen molar-refractivity contribution >= 4 is 29.9 Å². The summed E-state index contributed by atoms with van der Waals surface area (Å²) in [5.41, 5.74) is 0.241. The van der Waals surface area contributed by atoms with Crippen LogP contribution in [0.2, 0.25) is 0 Å².